The van der Waals surface area contributed by atoms with E-state index in [0.29, 0.717) is 11.5 Å². The molecule has 4 heteroatoms. The van der Waals surface area contributed by atoms with Crippen LogP contribution in [0, 0.1) is 5.82 Å². The van der Waals surface area contributed by atoms with E-state index >= 15 is 0 Å². The van der Waals surface area contributed by atoms with Crippen molar-refractivity contribution in [3.05, 3.63) is 57.8 Å². The van der Waals surface area contributed by atoms with Crippen LogP contribution in [-0.2, 0) is 0 Å². The summed E-state index contributed by atoms with van der Waals surface area (Å²) >= 11 is 3.48. The maximum absolute atomic E-state index is 14.8. The molecule has 0 radical (unpaired) electrons. The highest BCUT2D eigenvalue weighted by atomic mass is 79.9. The quantitative estimate of drug-likeness (QED) is 0.497. The zero-order valence-corrected chi connectivity index (χ0v) is 17.5. The third kappa shape index (κ3) is 3.71. The molecule has 0 saturated carbocycles. The van der Waals surface area contributed by atoms with Crippen LogP contribution < -0.4 is 4.90 Å². The van der Waals surface area contributed by atoms with E-state index in [1.54, 1.807) is 12.3 Å². The first kappa shape index (κ1) is 19.1. The highest BCUT2D eigenvalue weighted by Crippen LogP contribution is 2.44. The molecule has 0 spiro atoms. The van der Waals surface area contributed by atoms with Gasteiger partial charge in [-0.2, -0.15) is 0 Å². The summed E-state index contributed by atoms with van der Waals surface area (Å²) in [6.07, 6.45) is 3.74. The predicted octanol–water partition coefficient (Wildman–Crippen LogP) is 6.84. The number of nitrogens with zero attached hydrogens (tertiary/aromatic N) is 2. The van der Waals surface area contributed by atoms with Gasteiger partial charge < -0.3 is 4.90 Å². The number of para-hydroxylation sites is 1. The second-order valence-electron chi connectivity index (χ2n) is 7.71. The maximum Gasteiger partial charge on any atom is 0.134 e. The zero-order valence-electron chi connectivity index (χ0n) is 15.9. The van der Waals surface area contributed by atoms with E-state index < -0.39 is 0 Å². The van der Waals surface area contributed by atoms with Gasteiger partial charge in [-0.1, -0.05) is 26.0 Å². The Labute approximate surface area is 164 Å². The Kier molecular flexibility index (Phi) is 5.52. The lowest BCUT2D eigenvalue weighted by molar-refractivity contribution is 0.375. The summed E-state index contributed by atoms with van der Waals surface area (Å²) in [6, 6.07) is 11.4. The molecule has 0 aromatic heterocycles. The van der Waals surface area contributed by atoms with Crippen molar-refractivity contribution in [2.45, 2.75) is 52.0 Å². The molecule has 1 heterocycles. The second kappa shape index (κ2) is 7.51. The lowest BCUT2D eigenvalue weighted by Crippen LogP contribution is -2.48. The lowest BCUT2D eigenvalue weighted by atomic mass is 9.79. The van der Waals surface area contributed by atoms with Crippen molar-refractivity contribution in [2.24, 2.45) is 4.99 Å². The smallest absolute Gasteiger partial charge is 0.134 e. The Morgan fingerprint density at radius 3 is 2.73 bits per heavy atom. The summed E-state index contributed by atoms with van der Waals surface area (Å²) in [4.78, 5) is 6.83. The molecule has 2 nitrogen and oxygen atoms in total. The minimum atomic E-state index is -0.217. The van der Waals surface area contributed by atoms with Crippen LogP contribution in [0.5, 0.6) is 0 Å². The van der Waals surface area contributed by atoms with Crippen LogP contribution in [0.25, 0.3) is 0 Å². The lowest BCUT2D eigenvalue weighted by Gasteiger charge is -2.47. The molecule has 2 aromatic carbocycles. The highest BCUT2D eigenvalue weighted by Gasteiger charge is 2.36. The number of aliphatic imine (C=N–C) groups is 1. The van der Waals surface area contributed by atoms with Crippen LogP contribution in [-0.4, -0.2) is 18.3 Å². The van der Waals surface area contributed by atoms with Crippen LogP contribution >= 0.6 is 15.9 Å². The van der Waals surface area contributed by atoms with E-state index in [1.165, 1.54) is 5.56 Å². The van der Waals surface area contributed by atoms with Crippen molar-refractivity contribution in [2.75, 3.05) is 11.4 Å². The number of fused-ring (bicyclic) bond motifs is 1. The fourth-order valence-electron chi connectivity index (χ4n) is 3.96. The molecule has 0 saturated heterocycles. The molecule has 0 fully saturated rings. The Bertz CT molecular complexity index is 829. The first-order valence-electron chi connectivity index (χ1n) is 9.23. The fraction of sp³-hybridized carbons (Fsp3) is 0.409. The summed E-state index contributed by atoms with van der Waals surface area (Å²) in [5.41, 5.74) is 3.63. The largest absolute Gasteiger partial charge is 0.366 e. The van der Waals surface area contributed by atoms with Crippen LogP contribution in [0.3, 0.4) is 0 Å². The molecule has 0 bridgehead atoms. The molecule has 2 aromatic rings. The van der Waals surface area contributed by atoms with E-state index in [0.717, 1.165) is 35.2 Å². The third-order valence-electron chi connectivity index (χ3n) is 5.15. The van der Waals surface area contributed by atoms with Crippen molar-refractivity contribution in [3.8, 4) is 0 Å². The predicted molar refractivity (Wildman–Crippen MR) is 113 cm³/mol. The van der Waals surface area contributed by atoms with E-state index in [-0.39, 0.29) is 11.4 Å². The van der Waals surface area contributed by atoms with Gasteiger partial charge in [0.05, 0.1) is 5.69 Å². The summed E-state index contributed by atoms with van der Waals surface area (Å²) < 4.78 is 15.7. The van der Waals surface area contributed by atoms with Gasteiger partial charge >= 0.3 is 0 Å². The maximum atomic E-state index is 14.8. The normalized spacial score (nSPS) is 19.0. The molecule has 0 amide bonds. The van der Waals surface area contributed by atoms with Gasteiger partial charge in [-0.15, -0.1) is 0 Å². The first-order valence-corrected chi connectivity index (χ1v) is 10.0. The van der Waals surface area contributed by atoms with Crippen molar-refractivity contribution in [3.63, 3.8) is 0 Å². The fourth-order valence-corrected chi connectivity index (χ4v) is 4.35. The zero-order chi connectivity index (χ0) is 18.9. The van der Waals surface area contributed by atoms with E-state index in [2.05, 4.69) is 53.5 Å². The minimum absolute atomic E-state index is 0.0410. The Hall–Kier alpha value is -1.68. The van der Waals surface area contributed by atoms with Gasteiger partial charge in [0.15, 0.2) is 0 Å². The Morgan fingerprint density at radius 1 is 1.31 bits per heavy atom. The number of halogens is 2. The topological polar surface area (TPSA) is 15.6 Å². The number of anilines is 1. The Morgan fingerprint density at radius 2 is 2.04 bits per heavy atom. The van der Waals surface area contributed by atoms with Crippen molar-refractivity contribution < 1.29 is 4.39 Å². The molecule has 0 aliphatic carbocycles. The van der Waals surface area contributed by atoms with E-state index in [1.807, 2.05) is 30.3 Å². The average Bonchev–Trinajstić information content (AvgIpc) is 2.58. The van der Waals surface area contributed by atoms with Gasteiger partial charge in [0.25, 0.3) is 0 Å². The minimum Gasteiger partial charge on any atom is -0.366 e. The van der Waals surface area contributed by atoms with Gasteiger partial charge in [-0.25, -0.2) is 4.39 Å². The first-order chi connectivity index (χ1) is 12.3. The van der Waals surface area contributed by atoms with Crippen molar-refractivity contribution in [1.29, 1.82) is 0 Å². The van der Waals surface area contributed by atoms with Crippen LogP contribution in [0.4, 0.5) is 15.8 Å². The SMILES string of the molecule is CCCN1c2cc(F)c(C=Nc3ccccc3Br)cc2C(C)CC1(C)C. The monoisotopic (exact) mass is 416 g/mol. The van der Waals surface area contributed by atoms with Crippen LogP contribution in [0.15, 0.2) is 45.9 Å². The molecule has 1 aliphatic heterocycles. The summed E-state index contributed by atoms with van der Waals surface area (Å²) in [5.74, 6) is 0.176. The summed E-state index contributed by atoms with van der Waals surface area (Å²) in [5, 5.41) is 0. The van der Waals surface area contributed by atoms with Crippen LogP contribution in [0.2, 0.25) is 0 Å². The average molecular weight is 417 g/mol. The van der Waals surface area contributed by atoms with Crippen molar-refractivity contribution >= 4 is 33.5 Å². The number of hydrogen-bond acceptors (Lipinski definition) is 2. The number of benzene rings is 2. The van der Waals surface area contributed by atoms with E-state index in [4.69, 9.17) is 0 Å². The van der Waals surface area contributed by atoms with Gasteiger partial charge in [0.2, 0.25) is 0 Å². The molecule has 1 atom stereocenters. The highest BCUT2D eigenvalue weighted by molar-refractivity contribution is 9.10. The van der Waals surface area contributed by atoms with Crippen LogP contribution in [0.1, 0.15) is 57.6 Å². The standard InChI is InChI=1S/C22H26BrFN2/c1-5-10-26-21-12-19(24)16(11-17(21)15(2)13-22(26,3)4)14-25-20-9-7-6-8-18(20)23/h6-9,11-12,14-15H,5,10,13H2,1-4H3. The van der Waals surface area contributed by atoms with E-state index in [9.17, 15) is 4.39 Å². The third-order valence-corrected chi connectivity index (χ3v) is 5.82. The molecule has 1 aliphatic rings. The molecule has 1 unspecified atom stereocenters. The molecule has 3 rings (SSSR count). The summed E-state index contributed by atoms with van der Waals surface area (Å²) in [7, 11) is 0. The number of hydrogen-bond donors (Lipinski definition) is 0. The van der Waals surface area contributed by atoms with Gasteiger partial charge in [0, 0.05) is 34.0 Å². The Balaban J connectivity index is 2.02. The van der Waals surface area contributed by atoms with Gasteiger partial charge in [-0.3, -0.25) is 4.99 Å². The molecular weight excluding hydrogens is 391 g/mol. The molecule has 26 heavy (non-hydrogen) atoms. The van der Waals surface area contributed by atoms with Gasteiger partial charge in [0.1, 0.15) is 5.82 Å². The molecular formula is C22H26BrFN2. The van der Waals surface area contributed by atoms with Crippen molar-refractivity contribution in [1.82, 2.24) is 0 Å². The number of rotatable bonds is 4. The summed E-state index contributed by atoms with van der Waals surface area (Å²) in [6.45, 7) is 9.85. The molecule has 138 valence electrons. The van der Waals surface area contributed by atoms with Gasteiger partial charge in [-0.05, 0) is 78.4 Å². The molecule has 0 N–H and O–H groups in total. The second-order valence-corrected chi connectivity index (χ2v) is 8.57.